The molecule has 0 N–H and O–H groups in total. The molecule has 0 amide bonds. The molecule has 0 aromatic heterocycles. The Morgan fingerprint density at radius 2 is 1.88 bits per heavy atom. The molecule has 0 spiro atoms. The lowest BCUT2D eigenvalue weighted by atomic mass is 9.78. The number of benzene rings is 1. The van der Waals surface area contributed by atoms with Crippen LogP contribution in [0.4, 0.5) is 0 Å². The summed E-state index contributed by atoms with van der Waals surface area (Å²) in [5, 5.41) is 0. The average molecular weight is 228 g/mol. The predicted octanol–water partition coefficient (Wildman–Crippen LogP) is 2.90. The van der Waals surface area contributed by atoms with Gasteiger partial charge in [-0.1, -0.05) is 54.6 Å². The van der Waals surface area contributed by atoms with Crippen molar-refractivity contribution in [2.75, 3.05) is 7.11 Å². The highest BCUT2D eigenvalue weighted by Gasteiger charge is 2.35. The zero-order valence-corrected chi connectivity index (χ0v) is 9.93. The molecule has 0 aliphatic heterocycles. The Morgan fingerprint density at radius 1 is 1.24 bits per heavy atom. The largest absolute Gasteiger partial charge is 0.468 e. The summed E-state index contributed by atoms with van der Waals surface area (Å²) < 4.78 is 4.92. The standard InChI is InChI=1S/C15H16O2/c1-17-14(16)15(10-6-3-7-11-15)12-13-8-4-2-5-9-13/h2,4-11H,3,12H2,1H3. The molecule has 1 aliphatic rings. The van der Waals surface area contributed by atoms with E-state index in [1.807, 2.05) is 54.6 Å². The van der Waals surface area contributed by atoms with Gasteiger partial charge >= 0.3 is 5.97 Å². The van der Waals surface area contributed by atoms with Gasteiger partial charge in [0.05, 0.1) is 7.11 Å². The Kier molecular flexibility index (Phi) is 3.43. The zero-order valence-electron chi connectivity index (χ0n) is 9.93. The fourth-order valence-corrected chi connectivity index (χ4v) is 2.14. The van der Waals surface area contributed by atoms with Gasteiger partial charge in [0.1, 0.15) is 5.41 Å². The first-order chi connectivity index (χ1) is 8.27. The van der Waals surface area contributed by atoms with Crippen molar-refractivity contribution in [2.24, 2.45) is 5.41 Å². The SMILES string of the molecule is COC(=O)C1(Cc2ccccc2)C=CCC=C1. The Morgan fingerprint density at radius 3 is 2.47 bits per heavy atom. The highest BCUT2D eigenvalue weighted by atomic mass is 16.5. The van der Waals surface area contributed by atoms with Crippen LogP contribution in [0.2, 0.25) is 0 Å². The number of esters is 1. The van der Waals surface area contributed by atoms with E-state index >= 15 is 0 Å². The second-order valence-electron chi connectivity index (χ2n) is 4.23. The smallest absolute Gasteiger partial charge is 0.319 e. The van der Waals surface area contributed by atoms with Gasteiger partial charge in [-0.2, -0.15) is 0 Å². The normalized spacial score (nSPS) is 16.8. The molecule has 0 saturated heterocycles. The lowest BCUT2D eigenvalue weighted by Crippen LogP contribution is -2.31. The van der Waals surface area contributed by atoms with E-state index < -0.39 is 5.41 Å². The van der Waals surface area contributed by atoms with Crippen molar-refractivity contribution in [3.8, 4) is 0 Å². The monoisotopic (exact) mass is 228 g/mol. The Labute approximate surface area is 102 Å². The van der Waals surface area contributed by atoms with Gasteiger partial charge in [-0.3, -0.25) is 4.79 Å². The number of carbonyl (C=O) groups is 1. The molecule has 1 aliphatic carbocycles. The van der Waals surface area contributed by atoms with Crippen molar-refractivity contribution in [2.45, 2.75) is 12.8 Å². The maximum Gasteiger partial charge on any atom is 0.319 e. The van der Waals surface area contributed by atoms with Crippen molar-refractivity contribution < 1.29 is 9.53 Å². The van der Waals surface area contributed by atoms with Gasteiger partial charge in [-0.05, 0) is 18.4 Å². The van der Waals surface area contributed by atoms with E-state index in [0.717, 1.165) is 12.0 Å². The van der Waals surface area contributed by atoms with E-state index in [0.29, 0.717) is 6.42 Å². The minimum atomic E-state index is -0.631. The van der Waals surface area contributed by atoms with Crippen molar-refractivity contribution in [1.29, 1.82) is 0 Å². The first-order valence-electron chi connectivity index (χ1n) is 5.74. The maximum atomic E-state index is 12.0. The third kappa shape index (κ3) is 2.47. The number of hydrogen-bond donors (Lipinski definition) is 0. The summed E-state index contributed by atoms with van der Waals surface area (Å²) in [6, 6.07) is 10.00. The highest BCUT2D eigenvalue weighted by Crippen LogP contribution is 2.31. The van der Waals surface area contributed by atoms with Crippen LogP contribution in [0, 0.1) is 5.41 Å². The summed E-state index contributed by atoms with van der Waals surface area (Å²) in [7, 11) is 1.44. The molecule has 17 heavy (non-hydrogen) atoms. The summed E-state index contributed by atoms with van der Waals surface area (Å²) in [4.78, 5) is 12.0. The second kappa shape index (κ2) is 5.00. The van der Waals surface area contributed by atoms with Gasteiger partial charge < -0.3 is 4.74 Å². The van der Waals surface area contributed by atoms with Gasteiger partial charge in [0.25, 0.3) is 0 Å². The van der Waals surface area contributed by atoms with Crippen molar-refractivity contribution in [3.05, 3.63) is 60.2 Å². The molecular weight excluding hydrogens is 212 g/mol. The molecular formula is C15H16O2. The maximum absolute atomic E-state index is 12.0. The van der Waals surface area contributed by atoms with E-state index in [1.54, 1.807) is 0 Å². The van der Waals surface area contributed by atoms with E-state index in [1.165, 1.54) is 7.11 Å². The molecule has 0 fully saturated rings. The number of carbonyl (C=O) groups excluding carboxylic acids is 1. The number of ether oxygens (including phenoxy) is 1. The van der Waals surface area contributed by atoms with Gasteiger partial charge in [0.2, 0.25) is 0 Å². The number of allylic oxidation sites excluding steroid dienone is 2. The molecule has 2 rings (SSSR count). The second-order valence-corrected chi connectivity index (χ2v) is 4.23. The van der Waals surface area contributed by atoms with Crippen molar-refractivity contribution >= 4 is 5.97 Å². The molecule has 0 unspecified atom stereocenters. The van der Waals surface area contributed by atoms with Crippen molar-refractivity contribution in [3.63, 3.8) is 0 Å². The first-order valence-corrected chi connectivity index (χ1v) is 5.74. The molecule has 0 atom stereocenters. The Bertz CT molecular complexity index is 431. The minimum Gasteiger partial charge on any atom is -0.468 e. The molecule has 1 aromatic rings. The Hall–Kier alpha value is -1.83. The lowest BCUT2D eigenvalue weighted by Gasteiger charge is -2.26. The van der Waals surface area contributed by atoms with Gasteiger partial charge in [0, 0.05) is 0 Å². The topological polar surface area (TPSA) is 26.3 Å². The Balaban J connectivity index is 2.29. The van der Waals surface area contributed by atoms with Crippen LogP contribution in [0.25, 0.3) is 0 Å². The fourth-order valence-electron chi connectivity index (χ4n) is 2.14. The summed E-state index contributed by atoms with van der Waals surface area (Å²) in [6.45, 7) is 0. The van der Waals surface area contributed by atoms with Crippen LogP contribution in [-0.4, -0.2) is 13.1 Å². The zero-order chi connectivity index (χ0) is 12.1. The summed E-state index contributed by atoms with van der Waals surface area (Å²) in [5.74, 6) is -0.200. The van der Waals surface area contributed by atoms with Gasteiger partial charge in [0.15, 0.2) is 0 Å². The number of rotatable bonds is 3. The van der Waals surface area contributed by atoms with Crippen LogP contribution in [0.5, 0.6) is 0 Å². The van der Waals surface area contributed by atoms with Crippen LogP contribution in [0.3, 0.4) is 0 Å². The molecule has 1 aromatic carbocycles. The van der Waals surface area contributed by atoms with E-state index in [4.69, 9.17) is 4.74 Å². The molecule has 0 saturated carbocycles. The van der Waals surface area contributed by atoms with Gasteiger partial charge in [-0.15, -0.1) is 0 Å². The van der Waals surface area contributed by atoms with E-state index in [-0.39, 0.29) is 5.97 Å². The van der Waals surface area contributed by atoms with Crippen LogP contribution in [-0.2, 0) is 16.0 Å². The molecule has 0 bridgehead atoms. The number of hydrogen-bond acceptors (Lipinski definition) is 2. The number of methoxy groups -OCH3 is 1. The molecule has 2 nitrogen and oxygen atoms in total. The van der Waals surface area contributed by atoms with Crippen LogP contribution in [0.1, 0.15) is 12.0 Å². The lowest BCUT2D eigenvalue weighted by molar-refractivity contribution is -0.147. The fraction of sp³-hybridized carbons (Fsp3) is 0.267. The summed E-state index contributed by atoms with van der Waals surface area (Å²) in [5.41, 5.74) is 0.503. The molecule has 88 valence electrons. The predicted molar refractivity (Wildman–Crippen MR) is 67.5 cm³/mol. The van der Waals surface area contributed by atoms with Crippen molar-refractivity contribution in [1.82, 2.24) is 0 Å². The van der Waals surface area contributed by atoms with E-state index in [2.05, 4.69) is 0 Å². The summed E-state index contributed by atoms with van der Waals surface area (Å²) in [6.07, 6.45) is 9.46. The minimum absolute atomic E-state index is 0.200. The average Bonchev–Trinajstić information content (AvgIpc) is 2.40. The first kappa shape index (κ1) is 11.6. The van der Waals surface area contributed by atoms with Crippen LogP contribution < -0.4 is 0 Å². The molecule has 2 heteroatoms. The summed E-state index contributed by atoms with van der Waals surface area (Å²) >= 11 is 0. The quantitative estimate of drug-likeness (QED) is 0.587. The van der Waals surface area contributed by atoms with Gasteiger partial charge in [-0.25, -0.2) is 0 Å². The van der Waals surface area contributed by atoms with Crippen LogP contribution >= 0.6 is 0 Å². The van der Waals surface area contributed by atoms with E-state index in [9.17, 15) is 4.79 Å². The highest BCUT2D eigenvalue weighted by molar-refractivity contribution is 5.82. The molecule has 0 radical (unpaired) electrons. The third-order valence-electron chi connectivity index (χ3n) is 3.01. The third-order valence-corrected chi connectivity index (χ3v) is 3.01. The van der Waals surface area contributed by atoms with Crippen LogP contribution in [0.15, 0.2) is 54.6 Å². The molecule has 0 heterocycles.